The lowest BCUT2D eigenvalue weighted by Gasteiger charge is -2.37. The van der Waals surface area contributed by atoms with Gasteiger partial charge in [-0.25, -0.2) is 34.8 Å². The minimum Gasteiger partial charge on any atom is -0.380 e. The molecule has 6 aromatic rings. The van der Waals surface area contributed by atoms with Gasteiger partial charge in [0.05, 0.1) is 27.3 Å². The fourth-order valence-electron chi connectivity index (χ4n) is 9.76. The maximum absolute atomic E-state index is 15.8. The van der Waals surface area contributed by atoms with Gasteiger partial charge < -0.3 is 24.6 Å². The normalized spacial score (nSPS) is 15.9. The molecule has 2 aliphatic heterocycles. The number of hydrogen-bond donors (Lipinski definition) is 2. The second kappa shape index (κ2) is 22.7. The molecule has 8 rings (SSSR count). The third-order valence-corrected chi connectivity index (χ3v) is 19.0. The lowest BCUT2D eigenvalue weighted by Crippen LogP contribution is -2.46. The maximum atomic E-state index is 15.8. The molecule has 0 amide bonds. The van der Waals surface area contributed by atoms with E-state index >= 15 is 4.39 Å². The minimum absolute atomic E-state index is 0.0686. The van der Waals surface area contributed by atoms with Crippen LogP contribution >= 0.6 is 23.4 Å². The number of likely N-dealkylation sites (tertiary alicyclic amines) is 1. The first-order valence-corrected chi connectivity index (χ1v) is 30.5. The monoisotopic (exact) mass is 1130 g/mol. The highest BCUT2D eigenvalue weighted by atomic mass is 35.5. The summed E-state index contributed by atoms with van der Waals surface area (Å²) in [4.78, 5) is 5.20. The van der Waals surface area contributed by atoms with E-state index in [9.17, 15) is 43.5 Å². The molecule has 2 fully saturated rings. The van der Waals surface area contributed by atoms with Crippen LogP contribution < -0.4 is 19.8 Å². The summed E-state index contributed by atoms with van der Waals surface area (Å²) in [5, 5.41) is 15.4. The molecule has 2 aliphatic rings. The molecule has 1 unspecified atom stereocenters. The van der Waals surface area contributed by atoms with Crippen molar-refractivity contribution in [1.82, 2.24) is 9.47 Å². The van der Waals surface area contributed by atoms with Crippen LogP contribution in [0.3, 0.4) is 0 Å². The van der Waals surface area contributed by atoms with Crippen molar-refractivity contribution in [3.8, 4) is 22.4 Å². The first-order valence-electron chi connectivity index (χ1n) is 24.3. The Kier molecular flexibility index (Phi) is 17.0. The molecule has 0 aliphatic carbocycles. The molecule has 0 saturated carbocycles. The summed E-state index contributed by atoms with van der Waals surface area (Å²) in [6.45, 7) is 9.10. The summed E-state index contributed by atoms with van der Waals surface area (Å²) in [5.41, 5.74) is -2.16. The Hall–Kier alpha value is -5.29. The number of sulfone groups is 2. The predicted molar refractivity (Wildman–Crippen MR) is 289 cm³/mol. The zero-order valence-electron chi connectivity index (χ0n) is 41.6. The van der Waals surface area contributed by atoms with Crippen LogP contribution in [0, 0.1) is 12.7 Å². The number of sulfonamides is 1. The van der Waals surface area contributed by atoms with Gasteiger partial charge in [-0.05, 0) is 136 Å². The quantitative estimate of drug-likeness (QED) is 0.0623. The fraction of sp³-hybridized carbons (Fsp3) is 0.358. The number of piperidine rings is 1. The number of hydrogen-bond acceptors (Lipinski definition) is 11. The number of aromatic nitrogens is 1. The van der Waals surface area contributed by atoms with Crippen LogP contribution in [-0.2, 0) is 34.8 Å². The van der Waals surface area contributed by atoms with E-state index in [2.05, 4.69) is 14.9 Å². The van der Waals surface area contributed by atoms with Crippen molar-refractivity contribution >= 4 is 75.8 Å². The van der Waals surface area contributed by atoms with E-state index in [0.29, 0.717) is 116 Å². The van der Waals surface area contributed by atoms with Gasteiger partial charge in [-0.3, -0.25) is 4.72 Å². The van der Waals surface area contributed by atoms with Crippen LogP contribution in [0.2, 0.25) is 5.02 Å². The third-order valence-electron chi connectivity index (χ3n) is 13.4. The van der Waals surface area contributed by atoms with Crippen molar-refractivity contribution in [2.45, 2.75) is 83.3 Å². The van der Waals surface area contributed by atoms with Gasteiger partial charge in [0.25, 0.3) is 19.9 Å². The summed E-state index contributed by atoms with van der Waals surface area (Å²) < 4.78 is 144. The number of piperazine rings is 1. The van der Waals surface area contributed by atoms with E-state index in [1.807, 2.05) is 70.7 Å². The highest BCUT2D eigenvalue weighted by molar-refractivity contribution is 7.99. The molecule has 3 heterocycles. The highest BCUT2D eigenvalue weighted by Crippen LogP contribution is 2.45. The zero-order chi connectivity index (χ0) is 54.0. The van der Waals surface area contributed by atoms with Crippen LogP contribution in [0.5, 0.6) is 0 Å². The maximum Gasteiger partial charge on any atom is 0.501 e. The molecule has 1 atom stereocenters. The number of rotatable bonds is 18. The van der Waals surface area contributed by atoms with E-state index in [1.54, 1.807) is 37.3 Å². The van der Waals surface area contributed by atoms with E-state index in [-0.39, 0.29) is 16.6 Å². The number of alkyl halides is 3. The second-order valence-electron chi connectivity index (χ2n) is 19.1. The van der Waals surface area contributed by atoms with Gasteiger partial charge >= 0.3 is 5.51 Å². The molecular weight excluding hydrogens is 1070 g/mol. The smallest absolute Gasteiger partial charge is 0.380 e. The SMILES string of the molecule is Cc1c(S(C)(=O)=O)c(-c2cc(F)cc(N3CCN(c4ccc(NS(=O)(=O)c5ccc(NC(CCN6CCC([O])CC6)CSc6ccccc6)c(S(=O)(=O)C(F)(F)F)c5)cc4)CC3)c2)c(-c2ccc(Cl)cc2)n1C(C)C. The number of halogens is 5. The van der Waals surface area contributed by atoms with Crippen LogP contribution in [-0.4, -0.2) is 110 Å². The van der Waals surface area contributed by atoms with E-state index in [4.69, 9.17) is 11.6 Å². The minimum atomic E-state index is -6.06. The Labute approximate surface area is 445 Å². The standard InChI is InChI=1S/C53H58ClF4N6O7S4/c1-35(2)64-36(3)52(73(4,66)67)50(51(64)37-10-12-39(54)13-11-37)38-30-40(55)32-44(31-38)63-28-26-62(27-29-63)43-16-14-41(15-17-43)60-75(70,71)47-18-19-48(49(33-47)74(68,69)53(56,57)58)59-42(34-72-46-8-6-5-7-9-46)20-23-61-24-21-45(65)22-25-61/h5-19,30-33,35,42,45,59-60H,20-29,34H2,1-4H3. The summed E-state index contributed by atoms with van der Waals surface area (Å²) in [7, 11) is -14.5. The molecule has 2 N–H and O–H groups in total. The van der Waals surface area contributed by atoms with Crippen molar-refractivity contribution in [3.63, 3.8) is 0 Å². The molecule has 0 bridgehead atoms. The number of benzene rings is 5. The molecule has 5 aromatic carbocycles. The van der Waals surface area contributed by atoms with Gasteiger partial charge in [0.15, 0.2) is 9.84 Å². The topological polar surface area (TPSA) is 161 Å². The molecule has 75 heavy (non-hydrogen) atoms. The van der Waals surface area contributed by atoms with Gasteiger partial charge in [-0.2, -0.15) is 13.2 Å². The van der Waals surface area contributed by atoms with Gasteiger partial charge in [0, 0.05) is 108 Å². The van der Waals surface area contributed by atoms with E-state index in [0.717, 1.165) is 29.0 Å². The van der Waals surface area contributed by atoms with Crippen molar-refractivity contribution in [1.29, 1.82) is 0 Å². The van der Waals surface area contributed by atoms with Crippen LogP contribution in [0.1, 0.15) is 44.8 Å². The molecule has 1 radical (unpaired) electrons. The average molecular weight is 1130 g/mol. The molecule has 401 valence electrons. The van der Waals surface area contributed by atoms with Crippen LogP contribution in [0.4, 0.5) is 40.3 Å². The molecule has 0 spiro atoms. The number of nitrogens with one attached hydrogen (secondary N) is 2. The predicted octanol–water partition coefficient (Wildman–Crippen LogP) is 11.2. The Morgan fingerprint density at radius 3 is 1.99 bits per heavy atom. The summed E-state index contributed by atoms with van der Waals surface area (Å²) in [6.07, 6.45) is 1.84. The lowest BCUT2D eigenvalue weighted by molar-refractivity contribution is -0.0435. The molecular formula is C53H58ClF4N6O7S4. The van der Waals surface area contributed by atoms with E-state index in [1.165, 1.54) is 36.0 Å². The van der Waals surface area contributed by atoms with Gasteiger partial charge in [-0.15, -0.1) is 11.8 Å². The van der Waals surface area contributed by atoms with Crippen molar-refractivity contribution in [2.75, 3.05) is 77.7 Å². The van der Waals surface area contributed by atoms with Crippen molar-refractivity contribution in [3.05, 3.63) is 132 Å². The molecule has 2 saturated heterocycles. The van der Waals surface area contributed by atoms with Gasteiger partial charge in [0.1, 0.15) is 10.7 Å². The summed E-state index contributed by atoms with van der Waals surface area (Å²) in [5.74, 6) is -0.209. The van der Waals surface area contributed by atoms with Crippen LogP contribution in [0.15, 0.2) is 135 Å². The first-order chi connectivity index (χ1) is 35.4. The highest BCUT2D eigenvalue weighted by Gasteiger charge is 2.48. The summed E-state index contributed by atoms with van der Waals surface area (Å²) >= 11 is 7.67. The molecule has 22 heteroatoms. The number of thioether (sulfide) groups is 1. The van der Waals surface area contributed by atoms with Crippen LogP contribution in [0.25, 0.3) is 22.4 Å². The first kappa shape index (κ1) is 55.9. The Bertz CT molecular complexity index is 3330. The molecule has 13 nitrogen and oxygen atoms in total. The Morgan fingerprint density at radius 1 is 0.760 bits per heavy atom. The number of anilines is 4. The zero-order valence-corrected chi connectivity index (χ0v) is 45.7. The molecule has 1 aromatic heterocycles. The third kappa shape index (κ3) is 12.9. The second-order valence-corrected chi connectivity index (χ2v) is 26.2. The largest absolute Gasteiger partial charge is 0.501 e. The van der Waals surface area contributed by atoms with E-state index < -0.39 is 68.6 Å². The van der Waals surface area contributed by atoms with Crippen molar-refractivity contribution in [2.24, 2.45) is 0 Å². The Balaban J connectivity index is 0.986. The number of nitrogens with zero attached hydrogens (tertiary/aromatic N) is 4. The van der Waals surface area contributed by atoms with Gasteiger partial charge in [0.2, 0.25) is 0 Å². The van der Waals surface area contributed by atoms with Crippen molar-refractivity contribution < 1.29 is 47.9 Å². The van der Waals surface area contributed by atoms with Gasteiger partial charge in [-0.1, -0.05) is 41.9 Å². The summed E-state index contributed by atoms with van der Waals surface area (Å²) in [6, 6.07) is 29.1. The lowest BCUT2D eigenvalue weighted by atomic mass is 9.99. The fourth-order valence-corrected chi connectivity index (χ4v) is 14.2. The Morgan fingerprint density at radius 2 is 1.39 bits per heavy atom. The average Bonchev–Trinajstić information content (AvgIpc) is 3.69.